The number of aromatic nitrogens is 2. The van der Waals surface area contributed by atoms with Crippen molar-refractivity contribution in [2.45, 2.75) is 18.9 Å². The Hall–Kier alpha value is -1.88. The maximum Gasteiger partial charge on any atom is 0.220 e. The molecule has 0 spiro atoms. The van der Waals surface area contributed by atoms with Crippen LogP contribution in [0, 0.1) is 0 Å². The Kier molecular flexibility index (Phi) is 4.92. The van der Waals surface area contributed by atoms with Gasteiger partial charge in [0.25, 0.3) is 0 Å². The van der Waals surface area contributed by atoms with Crippen molar-refractivity contribution >= 4 is 17.2 Å². The van der Waals surface area contributed by atoms with Crippen LogP contribution < -0.4 is 5.32 Å². The number of nitrogens with one attached hydrogen (secondary N) is 1. The summed E-state index contributed by atoms with van der Waals surface area (Å²) in [6.07, 6.45) is 6.61. The zero-order valence-electron chi connectivity index (χ0n) is 10.7. The Morgan fingerprint density at radius 1 is 1.63 bits per heavy atom. The SMILES string of the molecule is C=CCCC(=O)NCC(c1ccsc1)n1cccn1. The first-order chi connectivity index (χ1) is 9.31. The van der Waals surface area contributed by atoms with Crippen LogP contribution in [0.5, 0.6) is 0 Å². The Labute approximate surface area is 116 Å². The lowest BCUT2D eigenvalue weighted by Gasteiger charge is -2.17. The van der Waals surface area contributed by atoms with E-state index in [2.05, 4.69) is 28.4 Å². The van der Waals surface area contributed by atoms with Crippen molar-refractivity contribution < 1.29 is 4.79 Å². The van der Waals surface area contributed by atoms with Gasteiger partial charge in [0.15, 0.2) is 0 Å². The molecule has 0 fully saturated rings. The molecular weight excluding hydrogens is 258 g/mol. The molecule has 0 saturated heterocycles. The smallest absolute Gasteiger partial charge is 0.220 e. The number of thiophene rings is 1. The second-order valence-electron chi connectivity index (χ2n) is 4.19. The highest BCUT2D eigenvalue weighted by Crippen LogP contribution is 2.19. The maximum atomic E-state index is 11.7. The number of carbonyl (C=O) groups is 1. The summed E-state index contributed by atoms with van der Waals surface area (Å²) >= 11 is 1.65. The van der Waals surface area contributed by atoms with Gasteiger partial charge in [-0.25, -0.2) is 0 Å². The van der Waals surface area contributed by atoms with Crippen molar-refractivity contribution in [3.8, 4) is 0 Å². The van der Waals surface area contributed by atoms with Crippen LogP contribution in [-0.4, -0.2) is 22.2 Å². The van der Waals surface area contributed by atoms with Crippen LogP contribution >= 0.6 is 11.3 Å². The van der Waals surface area contributed by atoms with E-state index in [0.29, 0.717) is 19.4 Å². The van der Waals surface area contributed by atoms with Crippen molar-refractivity contribution in [3.05, 3.63) is 53.5 Å². The van der Waals surface area contributed by atoms with Gasteiger partial charge in [0.2, 0.25) is 5.91 Å². The van der Waals surface area contributed by atoms with Crippen LogP contribution in [-0.2, 0) is 4.79 Å². The molecular formula is C14H17N3OS. The summed E-state index contributed by atoms with van der Waals surface area (Å²) in [5.41, 5.74) is 1.16. The molecule has 0 radical (unpaired) electrons. The van der Waals surface area contributed by atoms with Crippen LogP contribution in [0.25, 0.3) is 0 Å². The highest BCUT2D eigenvalue weighted by atomic mass is 32.1. The molecule has 0 aliphatic heterocycles. The fourth-order valence-electron chi connectivity index (χ4n) is 1.83. The molecule has 2 aromatic rings. The van der Waals surface area contributed by atoms with Gasteiger partial charge in [-0.3, -0.25) is 9.48 Å². The fourth-order valence-corrected chi connectivity index (χ4v) is 2.53. The first-order valence-corrected chi connectivity index (χ1v) is 7.14. The number of hydrogen-bond acceptors (Lipinski definition) is 3. The average molecular weight is 275 g/mol. The van der Waals surface area contributed by atoms with Gasteiger partial charge >= 0.3 is 0 Å². The van der Waals surface area contributed by atoms with E-state index in [1.807, 2.05) is 22.3 Å². The van der Waals surface area contributed by atoms with E-state index in [-0.39, 0.29) is 11.9 Å². The summed E-state index contributed by atoms with van der Waals surface area (Å²) in [5.74, 6) is 0.0484. The second-order valence-corrected chi connectivity index (χ2v) is 4.97. The summed E-state index contributed by atoms with van der Waals surface area (Å²) in [7, 11) is 0. The monoisotopic (exact) mass is 275 g/mol. The maximum absolute atomic E-state index is 11.7. The lowest BCUT2D eigenvalue weighted by molar-refractivity contribution is -0.121. The zero-order chi connectivity index (χ0) is 13.5. The summed E-state index contributed by atoms with van der Waals surface area (Å²) in [6.45, 7) is 4.17. The van der Waals surface area contributed by atoms with Gasteiger partial charge in [-0.1, -0.05) is 6.08 Å². The molecule has 0 aromatic carbocycles. The summed E-state index contributed by atoms with van der Waals surface area (Å²) in [5, 5.41) is 11.3. The number of nitrogens with zero attached hydrogens (tertiary/aromatic N) is 2. The zero-order valence-corrected chi connectivity index (χ0v) is 11.5. The summed E-state index contributed by atoms with van der Waals surface area (Å²) in [4.78, 5) is 11.7. The van der Waals surface area contributed by atoms with Crippen LogP contribution in [0.3, 0.4) is 0 Å². The van der Waals surface area contributed by atoms with Crippen LogP contribution in [0.2, 0.25) is 0 Å². The van der Waals surface area contributed by atoms with Crippen molar-refractivity contribution in [1.29, 1.82) is 0 Å². The quantitative estimate of drug-likeness (QED) is 0.790. The van der Waals surface area contributed by atoms with E-state index in [9.17, 15) is 4.79 Å². The predicted molar refractivity (Wildman–Crippen MR) is 77.1 cm³/mol. The molecule has 2 rings (SSSR count). The third-order valence-corrected chi connectivity index (χ3v) is 3.54. The molecule has 1 N–H and O–H groups in total. The average Bonchev–Trinajstić information content (AvgIpc) is 3.09. The topological polar surface area (TPSA) is 46.9 Å². The van der Waals surface area contributed by atoms with E-state index < -0.39 is 0 Å². The molecule has 19 heavy (non-hydrogen) atoms. The largest absolute Gasteiger partial charge is 0.354 e. The van der Waals surface area contributed by atoms with Crippen molar-refractivity contribution in [2.75, 3.05) is 6.54 Å². The molecule has 0 saturated carbocycles. The molecule has 0 aliphatic carbocycles. The Morgan fingerprint density at radius 2 is 2.53 bits per heavy atom. The third kappa shape index (κ3) is 3.79. The molecule has 1 atom stereocenters. The standard InChI is InChI=1S/C14H17N3OS/c1-2-3-5-14(18)15-10-13(12-6-9-19-11-12)17-8-4-7-16-17/h2,4,6-9,11,13H,1,3,5,10H2,(H,15,18). The molecule has 5 heteroatoms. The highest BCUT2D eigenvalue weighted by Gasteiger charge is 2.15. The Bertz CT molecular complexity index is 471. The molecule has 4 nitrogen and oxygen atoms in total. The van der Waals surface area contributed by atoms with Gasteiger partial charge in [0, 0.05) is 25.4 Å². The van der Waals surface area contributed by atoms with E-state index in [1.165, 1.54) is 0 Å². The minimum Gasteiger partial charge on any atom is -0.354 e. The number of rotatable bonds is 7. The summed E-state index contributed by atoms with van der Waals surface area (Å²) in [6, 6.07) is 4.00. The highest BCUT2D eigenvalue weighted by molar-refractivity contribution is 7.07. The van der Waals surface area contributed by atoms with Crippen LogP contribution in [0.15, 0.2) is 47.9 Å². The number of amides is 1. The predicted octanol–water partition coefficient (Wildman–Crippen LogP) is 2.62. The fraction of sp³-hybridized carbons (Fsp3) is 0.286. The third-order valence-electron chi connectivity index (χ3n) is 2.84. The van der Waals surface area contributed by atoms with Gasteiger partial charge in [-0.05, 0) is 34.9 Å². The molecule has 2 heterocycles. The molecule has 2 aromatic heterocycles. The Morgan fingerprint density at radius 3 is 3.16 bits per heavy atom. The minimum absolute atomic E-state index is 0.0484. The van der Waals surface area contributed by atoms with E-state index in [0.717, 1.165) is 5.56 Å². The molecule has 1 unspecified atom stereocenters. The van der Waals surface area contributed by atoms with E-state index in [4.69, 9.17) is 0 Å². The van der Waals surface area contributed by atoms with Crippen LogP contribution in [0.4, 0.5) is 0 Å². The lowest BCUT2D eigenvalue weighted by atomic mass is 10.1. The summed E-state index contributed by atoms with van der Waals surface area (Å²) < 4.78 is 1.87. The van der Waals surface area contributed by atoms with E-state index in [1.54, 1.807) is 23.6 Å². The number of allylic oxidation sites excluding steroid dienone is 1. The number of hydrogen-bond donors (Lipinski definition) is 1. The van der Waals surface area contributed by atoms with Gasteiger partial charge in [0.1, 0.15) is 0 Å². The molecule has 100 valence electrons. The van der Waals surface area contributed by atoms with Gasteiger partial charge < -0.3 is 5.32 Å². The lowest BCUT2D eigenvalue weighted by Crippen LogP contribution is -2.31. The van der Waals surface area contributed by atoms with Gasteiger partial charge in [-0.15, -0.1) is 6.58 Å². The van der Waals surface area contributed by atoms with Gasteiger partial charge in [-0.2, -0.15) is 16.4 Å². The molecule has 0 aliphatic rings. The first kappa shape index (κ1) is 13.5. The van der Waals surface area contributed by atoms with Crippen molar-refractivity contribution in [1.82, 2.24) is 15.1 Å². The van der Waals surface area contributed by atoms with E-state index >= 15 is 0 Å². The Balaban J connectivity index is 2.00. The van der Waals surface area contributed by atoms with Crippen molar-refractivity contribution in [3.63, 3.8) is 0 Å². The molecule has 0 bridgehead atoms. The molecule has 1 amide bonds. The number of carbonyl (C=O) groups excluding carboxylic acids is 1. The van der Waals surface area contributed by atoms with Gasteiger partial charge in [0.05, 0.1) is 6.04 Å². The van der Waals surface area contributed by atoms with Crippen molar-refractivity contribution in [2.24, 2.45) is 0 Å². The second kappa shape index (κ2) is 6.89. The normalized spacial score (nSPS) is 12.0. The first-order valence-electron chi connectivity index (χ1n) is 6.20. The minimum atomic E-state index is 0.0484. The van der Waals surface area contributed by atoms with Crippen LogP contribution in [0.1, 0.15) is 24.4 Å².